The highest BCUT2D eigenvalue weighted by Gasteiger charge is 2.04. The molecule has 0 unspecified atom stereocenters. The largest absolute Gasteiger partial charge is 0.468 e. The van der Waals surface area contributed by atoms with Crippen molar-refractivity contribution >= 4 is 46.7 Å². The summed E-state index contributed by atoms with van der Waals surface area (Å²) in [5.74, 6) is 2.49. The number of pyridine rings is 1. The second-order valence-electron chi connectivity index (χ2n) is 4.01. The Bertz CT molecular complexity index is 573. The second-order valence-corrected chi connectivity index (χ2v) is 5.89. The van der Waals surface area contributed by atoms with Gasteiger partial charge in [0.25, 0.3) is 0 Å². The first-order valence-corrected chi connectivity index (χ1v) is 8.02. The average Bonchev–Trinajstić information content (AvgIpc) is 2.90. The third kappa shape index (κ3) is 5.87. The summed E-state index contributed by atoms with van der Waals surface area (Å²) >= 11 is 13.2. The Hall–Kier alpha value is -1.37. The molecule has 0 atom stereocenters. The van der Waals surface area contributed by atoms with Crippen molar-refractivity contribution in [3.63, 3.8) is 0 Å². The number of urea groups is 1. The number of nitrogens with one attached hydrogen (secondary N) is 2. The SMILES string of the molecule is O=C(NCCSCc1ccco1)Nc1cc(Cl)nc(Cl)c1. The minimum absolute atomic E-state index is 0.229. The molecule has 21 heavy (non-hydrogen) atoms. The summed E-state index contributed by atoms with van der Waals surface area (Å²) in [6.45, 7) is 0.545. The van der Waals surface area contributed by atoms with Gasteiger partial charge in [0.2, 0.25) is 0 Å². The molecule has 0 saturated carbocycles. The van der Waals surface area contributed by atoms with Crippen molar-refractivity contribution in [3.05, 3.63) is 46.6 Å². The van der Waals surface area contributed by atoms with Gasteiger partial charge in [-0.3, -0.25) is 0 Å². The molecule has 0 spiro atoms. The van der Waals surface area contributed by atoms with Crippen LogP contribution in [0.15, 0.2) is 34.9 Å². The molecule has 2 N–H and O–H groups in total. The molecule has 0 aliphatic rings. The summed E-state index contributed by atoms with van der Waals surface area (Å²) in [5, 5.41) is 5.84. The fourth-order valence-corrected chi connectivity index (χ4v) is 2.73. The van der Waals surface area contributed by atoms with E-state index in [1.54, 1.807) is 18.0 Å². The maximum Gasteiger partial charge on any atom is 0.319 e. The van der Waals surface area contributed by atoms with E-state index in [0.29, 0.717) is 12.2 Å². The van der Waals surface area contributed by atoms with Crippen molar-refractivity contribution in [3.8, 4) is 0 Å². The van der Waals surface area contributed by atoms with E-state index in [0.717, 1.165) is 17.3 Å². The monoisotopic (exact) mass is 345 g/mol. The topological polar surface area (TPSA) is 67.2 Å². The lowest BCUT2D eigenvalue weighted by molar-refractivity contribution is 0.252. The van der Waals surface area contributed by atoms with Crippen molar-refractivity contribution in [2.45, 2.75) is 5.75 Å². The van der Waals surface area contributed by atoms with Crippen LogP contribution in [-0.2, 0) is 5.75 Å². The molecule has 112 valence electrons. The van der Waals surface area contributed by atoms with Crippen LogP contribution >= 0.6 is 35.0 Å². The van der Waals surface area contributed by atoms with Crippen LogP contribution in [0.25, 0.3) is 0 Å². The van der Waals surface area contributed by atoms with Gasteiger partial charge in [0.1, 0.15) is 16.1 Å². The number of nitrogens with zero attached hydrogens (tertiary/aromatic N) is 1. The first-order valence-electron chi connectivity index (χ1n) is 6.11. The number of amides is 2. The van der Waals surface area contributed by atoms with E-state index in [4.69, 9.17) is 27.6 Å². The number of aromatic nitrogens is 1. The molecule has 0 aromatic carbocycles. The van der Waals surface area contributed by atoms with E-state index in [1.807, 2.05) is 12.1 Å². The predicted octanol–water partition coefficient (Wildman–Crippen LogP) is 4.04. The molecule has 2 aromatic heterocycles. The quantitative estimate of drug-likeness (QED) is 0.612. The van der Waals surface area contributed by atoms with Crippen molar-refractivity contribution in [2.24, 2.45) is 0 Å². The highest BCUT2D eigenvalue weighted by atomic mass is 35.5. The number of anilines is 1. The number of carbonyl (C=O) groups is 1. The van der Waals surface area contributed by atoms with E-state index in [-0.39, 0.29) is 16.3 Å². The van der Waals surface area contributed by atoms with Crippen LogP contribution in [0.5, 0.6) is 0 Å². The highest BCUT2D eigenvalue weighted by Crippen LogP contribution is 2.18. The molecule has 0 fully saturated rings. The lowest BCUT2D eigenvalue weighted by atomic mass is 10.4. The van der Waals surface area contributed by atoms with Crippen LogP contribution in [0.2, 0.25) is 10.3 Å². The lowest BCUT2D eigenvalue weighted by Gasteiger charge is -2.07. The fraction of sp³-hybridized carbons (Fsp3) is 0.231. The zero-order chi connectivity index (χ0) is 15.1. The van der Waals surface area contributed by atoms with Crippen molar-refractivity contribution in [1.82, 2.24) is 10.3 Å². The van der Waals surface area contributed by atoms with Crippen molar-refractivity contribution in [2.75, 3.05) is 17.6 Å². The number of furan rings is 1. The zero-order valence-electron chi connectivity index (χ0n) is 10.9. The van der Waals surface area contributed by atoms with Gasteiger partial charge in [-0.15, -0.1) is 0 Å². The molecule has 0 aliphatic heterocycles. The number of carbonyl (C=O) groups excluding carboxylic acids is 1. The van der Waals surface area contributed by atoms with E-state index in [9.17, 15) is 4.79 Å². The molecule has 2 rings (SSSR count). The van der Waals surface area contributed by atoms with Gasteiger partial charge in [-0.1, -0.05) is 23.2 Å². The fourth-order valence-electron chi connectivity index (χ4n) is 1.52. The van der Waals surface area contributed by atoms with Crippen LogP contribution in [0, 0.1) is 0 Å². The number of thioether (sulfide) groups is 1. The molecule has 5 nitrogen and oxygen atoms in total. The van der Waals surface area contributed by atoms with Gasteiger partial charge >= 0.3 is 6.03 Å². The van der Waals surface area contributed by atoms with Gasteiger partial charge in [0.05, 0.1) is 12.0 Å². The van der Waals surface area contributed by atoms with Gasteiger partial charge in [0, 0.05) is 18.0 Å². The molecule has 8 heteroatoms. The highest BCUT2D eigenvalue weighted by molar-refractivity contribution is 7.98. The van der Waals surface area contributed by atoms with Crippen molar-refractivity contribution in [1.29, 1.82) is 0 Å². The lowest BCUT2D eigenvalue weighted by Crippen LogP contribution is -2.30. The second kappa shape index (κ2) is 8.17. The standard InChI is InChI=1S/C13H13Cl2N3O2S/c14-11-6-9(7-12(15)18-11)17-13(19)16-3-5-21-8-10-2-1-4-20-10/h1-2,4,6-7H,3,5,8H2,(H2,16,17,18,19). The third-order valence-corrected chi connectivity index (χ3v) is 3.75. The summed E-state index contributed by atoms with van der Waals surface area (Å²) in [6, 6.07) is 6.51. The van der Waals surface area contributed by atoms with Gasteiger partial charge < -0.3 is 15.1 Å². The van der Waals surface area contributed by atoms with Crippen LogP contribution in [0.4, 0.5) is 10.5 Å². The Kier molecular flexibility index (Phi) is 6.22. The van der Waals surface area contributed by atoms with E-state index in [2.05, 4.69) is 15.6 Å². The molecular formula is C13H13Cl2N3O2S. The average molecular weight is 346 g/mol. The third-order valence-electron chi connectivity index (χ3n) is 2.38. The first-order chi connectivity index (χ1) is 10.1. The Labute approximate surface area is 136 Å². The van der Waals surface area contributed by atoms with E-state index >= 15 is 0 Å². The summed E-state index contributed by atoms with van der Waals surface area (Å²) in [6.07, 6.45) is 1.65. The Morgan fingerprint density at radius 1 is 1.33 bits per heavy atom. The number of hydrogen-bond acceptors (Lipinski definition) is 4. The van der Waals surface area contributed by atoms with Gasteiger partial charge in [0.15, 0.2) is 0 Å². The Morgan fingerprint density at radius 3 is 2.76 bits per heavy atom. The summed E-state index contributed by atoms with van der Waals surface area (Å²) in [4.78, 5) is 15.5. The van der Waals surface area contributed by atoms with Gasteiger partial charge in [-0.2, -0.15) is 11.8 Å². The predicted molar refractivity (Wildman–Crippen MR) is 86.1 cm³/mol. The minimum atomic E-state index is -0.313. The van der Waals surface area contributed by atoms with Gasteiger partial charge in [-0.05, 0) is 24.3 Å². The van der Waals surface area contributed by atoms with Crippen LogP contribution < -0.4 is 10.6 Å². The molecular weight excluding hydrogens is 333 g/mol. The summed E-state index contributed by atoms with van der Waals surface area (Å²) in [5.41, 5.74) is 0.501. The molecule has 2 aromatic rings. The maximum absolute atomic E-state index is 11.7. The maximum atomic E-state index is 11.7. The molecule has 0 radical (unpaired) electrons. The summed E-state index contributed by atoms with van der Waals surface area (Å²) in [7, 11) is 0. The number of halogens is 2. The number of rotatable bonds is 6. The molecule has 0 saturated heterocycles. The van der Waals surface area contributed by atoms with Crippen LogP contribution in [0.3, 0.4) is 0 Å². The van der Waals surface area contributed by atoms with Crippen LogP contribution in [-0.4, -0.2) is 23.3 Å². The molecule has 2 heterocycles. The van der Waals surface area contributed by atoms with Crippen molar-refractivity contribution < 1.29 is 9.21 Å². The smallest absolute Gasteiger partial charge is 0.319 e. The zero-order valence-corrected chi connectivity index (χ0v) is 13.3. The Balaban J connectivity index is 1.65. The van der Waals surface area contributed by atoms with E-state index in [1.165, 1.54) is 12.1 Å². The van der Waals surface area contributed by atoms with Crippen LogP contribution in [0.1, 0.15) is 5.76 Å². The van der Waals surface area contributed by atoms with Gasteiger partial charge in [-0.25, -0.2) is 9.78 Å². The normalized spacial score (nSPS) is 10.4. The summed E-state index contributed by atoms with van der Waals surface area (Å²) < 4.78 is 5.21. The molecule has 2 amide bonds. The first kappa shape index (κ1) is 16.0. The van der Waals surface area contributed by atoms with E-state index < -0.39 is 0 Å². The molecule has 0 aliphatic carbocycles. The Morgan fingerprint density at radius 2 is 2.10 bits per heavy atom. The number of hydrogen-bond donors (Lipinski definition) is 2. The molecule has 0 bridgehead atoms. The minimum Gasteiger partial charge on any atom is -0.468 e.